The van der Waals surface area contributed by atoms with Gasteiger partial charge in [-0.05, 0) is 50.5 Å². The number of aryl methyl sites for hydroxylation is 2. The van der Waals surface area contributed by atoms with Gasteiger partial charge in [0.1, 0.15) is 12.1 Å². The second-order valence-corrected chi connectivity index (χ2v) is 5.74. The highest BCUT2D eigenvalue weighted by Crippen LogP contribution is 2.23. The molecule has 1 aromatic carbocycles. The van der Waals surface area contributed by atoms with Gasteiger partial charge in [-0.3, -0.25) is 0 Å². The molecule has 1 N–H and O–H groups in total. The number of hydrogen-bond donors (Lipinski definition) is 1. The first-order valence-corrected chi connectivity index (χ1v) is 7.63. The van der Waals surface area contributed by atoms with E-state index in [4.69, 9.17) is 0 Å². The summed E-state index contributed by atoms with van der Waals surface area (Å²) >= 11 is 0. The molecule has 0 bridgehead atoms. The van der Waals surface area contributed by atoms with Crippen LogP contribution in [0.5, 0.6) is 0 Å². The zero-order valence-corrected chi connectivity index (χ0v) is 13.5. The van der Waals surface area contributed by atoms with Gasteiger partial charge in [0.05, 0.1) is 17.3 Å². The summed E-state index contributed by atoms with van der Waals surface area (Å²) in [6, 6.07) is 6.67. The van der Waals surface area contributed by atoms with Crippen LogP contribution in [0.3, 0.4) is 0 Å². The second kappa shape index (κ2) is 5.75. The van der Waals surface area contributed by atoms with Crippen molar-refractivity contribution in [2.24, 2.45) is 0 Å². The maximum absolute atomic E-state index is 4.50. The highest BCUT2D eigenvalue weighted by molar-refractivity contribution is 5.87. The molecular weight excluding hydrogens is 274 g/mol. The number of nitrogens with zero attached hydrogens (tertiary/aromatic N) is 4. The quantitative estimate of drug-likeness (QED) is 0.798. The molecule has 0 radical (unpaired) electrons. The third-order valence-corrected chi connectivity index (χ3v) is 4.10. The van der Waals surface area contributed by atoms with Crippen LogP contribution in [0.4, 0.5) is 5.82 Å². The van der Waals surface area contributed by atoms with Crippen LogP contribution in [-0.2, 0) is 0 Å². The molecule has 5 nitrogen and oxygen atoms in total. The lowest BCUT2D eigenvalue weighted by Crippen LogP contribution is -2.14. The number of rotatable bonds is 4. The summed E-state index contributed by atoms with van der Waals surface area (Å²) < 4.78 is 1.87. The lowest BCUT2D eigenvalue weighted by Gasteiger charge is -2.12. The Kier molecular flexibility index (Phi) is 3.79. The predicted octanol–water partition coefficient (Wildman–Crippen LogP) is 3.64. The predicted molar refractivity (Wildman–Crippen MR) is 89.5 cm³/mol. The third-order valence-electron chi connectivity index (χ3n) is 4.10. The third kappa shape index (κ3) is 2.54. The Morgan fingerprint density at radius 2 is 2.00 bits per heavy atom. The molecule has 1 unspecified atom stereocenters. The van der Waals surface area contributed by atoms with Crippen molar-refractivity contribution >= 4 is 16.9 Å². The minimum absolute atomic E-state index is 0.364. The van der Waals surface area contributed by atoms with Crippen molar-refractivity contribution in [1.82, 2.24) is 19.7 Å². The molecular formula is C17H21N5. The van der Waals surface area contributed by atoms with Gasteiger partial charge in [-0.25, -0.2) is 14.6 Å². The van der Waals surface area contributed by atoms with Crippen LogP contribution in [0, 0.1) is 13.8 Å². The molecule has 0 aliphatic rings. The molecule has 2 aromatic heterocycles. The molecule has 1 atom stereocenters. The molecule has 3 rings (SSSR count). The molecule has 0 aliphatic heterocycles. The van der Waals surface area contributed by atoms with Gasteiger partial charge >= 0.3 is 0 Å². The summed E-state index contributed by atoms with van der Waals surface area (Å²) in [5, 5.41) is 8.87. The Balaban J connectivity index is 2.09. The molecule has 114 valence electrons. The minimum Gasteiger partial charge on any atom is -0.367 e. The zero-order chi connectivity index (χ0) is 15.7. The Hall–Kier alpha value is -2.43. The van der Waals surface area contributed by atoms with Crippen molar-refractivity contribution in [3.8, 4) is 5.69 Å². The maximum atomic E-state index is 4.50. The number of anilines is 1. The van der Waals surface area contributed by atoms with E-state index >= 15 is 0 Å². The highest BCUT2D eigenvalue weighted by Gasteiger charge is 2.12. The van der Waals surface area contributed by atoms with Crippen LogP contribution in [0.1, 0.15) is 31.4 Å². The fraction of sp³-hybridized carbons (Fsp3) is 0.353. The first-order chi connectivity index (χ1) is 10.6. The van der Waals surface area contributed by atoms with Crippen molar-refractivity contribution in [3.63, 3.8) is 0 Å². The average molecular weight is 295 g/mol. The number of fused-ring (bicyclic) bond motifs is 1. The molecule has 3 aromatic rings. The van der Waals surface area contributed by atoms with Gasteiger partial charge in [-0.2, -0.15) is 5.10 Å². The summed E-state index contributed by atoms with van der Waals surface area (Å²) in [7, 11) is 0. The van der Waals surface area contributed by atoms with Crippen molar-refractivity contribution < 1.29 is 0 Å². The largest absolute Gasteiger partial charge is 0.367 e. The second-order valence-electron chi connectivity index (χ2n) is 5.74. The zero-order valence-electron chi connectivity index (χ0n) is 13.5. The summed E-state index contributed by atoms with van der Waals surface area (Å²) in [6.45, 7) is 8.50. The molecule has 0 aliphatic carbocycles. The molecule has 0 amide bonds. The van der Waals surface area contributed by atoms with Crippen molar-refractivity contribution in [1.29, 1.82) is 0 Å². The average Bonchev–Trinajstić information content (AvgIpc) is 2.95. The van der Waals surface area contributed by atoms with E-state index in [1.54, 1.807) is 6.33 Å². The van der Waals surface area contributed by atoms with Crippen LogP contribution in [0.2, 0.25) is 0 Å². The Labute approximate surface area is 130 Å². The molecule has 0 saturated heterocycles. The van der Waals surface area contributed by atoms with E-state index in [1.807, 2.05) is 10.9 Å². The van der Waals surface area contributed by atoms with Gasteiger partial charge < -0.3 is 5.32 Å². The lowest BCUT2D eigenvalue weighted by molar-refractivity contribution is 0.760. The van der Waals surface area contributed by atoms with E-state index in [0.29, 0.717) is 6.04 Å². The van der Waals surface area contributed by atoms with E-state index in [1.165, 1.54) is 11.1 Å². The number of benzene rings is 1. The summed E-state index contributed by atoms with van der Waals surface area (Å²) in [5.74, 6) is 0.842. The van der Waals surface area contributed by atoms with Crippen molar-refractivity contribution in [3.05, 3.63) is 41.9 Å². The van der Waals surface area contributed by atoms with Gasteiger partial charge in [0.25, 0.3) is 0 Å². The lowest BCUT2D eigenvalue weighted by atomic mass is 10.1. The summed E-state index contributed by atoms with van der Waals surface area (Å²) in [5.41, 5.74) is 4.36. The van der Waals surface area contributed by atoms with Crippen LogP contribution in [-0.4, -0.2) is 25.8 Å². The van der Waals surface area contributed by atoms with E-state index in [0.717, 1.165) is 29.0 Å². The smallest absolute Gasteiger partial charge is 0.168 e. The van der Waals surface area contributed by atoms with Crippen LogP contribution in [0.25, 0.3) is 16.7 Å². The van der Waals surface area contributed by atoms with Crippen LogP contribution >= 0.6 is 0 Å². The summed E-state index contributed by atoms with van der Waals surface area (Å²) in [6.07, 6.45) is 4.46. The normalized spacial score (nSPS) is 12.5. The summed E-state index contributed by atoms with van der Waals surface area (Å²) in [4.78, 5) is 8.77. The standard InChI is InChI=1S/C17H21N5/c1-5-13(4)21-16-15-9-20-22(17(15)19-10-18-16)14-7-6-11(2)12(3)8-14/h6-10,13H,5H2,1-4H3,(H,18,19,21). The SMILES string of the molecule is CCC(C)Nc1ncnc2c1cnn2-c1ccc(C)c(C)c1. The number of aromatic nitrogens is 4. The molecule has 0 fully saturated rings. The highest BCUT2D eigenvalue weighted by atomic mass is 15.3. The fourth-order valence-corrected chi connectivity index (χ4v) is 2.34. The maximum Gasteiger partial charge on any atom is 0.168 e. The van der Waals surface area contributed by atoms with E-state index < -0.39 is 0 Å². The van der Waals surface area contributed by atoms with Gasteiger partial charge in [0.15, 0.2) is 5.65 Å². The van der Waals surface area contributed by atoms with Crippen molar-refractivity contribution in [2.75, 3.05) is 5.32 Å². The topological polar surface area (TPSA) is 55.6 Å². The molecule has 22 heavy (non-hydrogen) atoms. The molecule has 5 heteroatoms. The van der Waals surface area contributed by atoms with Gasteiger partial charge in [-0.1, -0.05) is 13.0 Å². The van der Waals surface area contributed by atoms with Gasteiger partial charge in [0, 0.05) is 6.04 Å². The van der Waals surface area contributed by atoms with Gasteiger partial charge in [-0.15, -0.1) is 0 Å². The number of nitrogens with one attached hydrogen (secondary N) is 1. The van der Waals surface area contributed by atoms with E-state index in [2.05, 4.69) is 66.3 Å². The van der Waals surface area contributed by atoms with Crippen LogP contribution < -0.4 is 5.32 Å². The fourth-order valence-electron chi connectivity index (χ4n) is 2.34. The monoisotopic (exact) mass is 295 g/mol. The molecule has 0 spiro atoms. The number of hydrogen-bond acceptors (Lipinski definition) is 4. The Morgan fingerprint density at radius 3 is 2.73 bits per heavy atom. The van der Waals surface area contributed by atoms with Gasteiger partial charge in [0.2, 0.25) is 0 Å². The van der Waals surface area contributed by atoms with E-state index in [9.17, 15) is 0 Å². The Bertz CT molecular complexity index is 806. The van der Waals surface area contributed by atoms with Crippen LogP contribution in [0.15, 0.2) is 30.7 Å². The molecule has 2 heterocycles. The van der Waals surface area contributed by atoms with E-state index in [-0.39, 0.29) is 0 Å². The van der Waals surface area contributed by atoms with Crippen molar-refractivity contribution in [2.45, 2.75) is 40.2 Å². The first-order valence-electron chi connectivity index (χ1n) is 7.63. The Morgan fingerprint density at radius 1 is 1.18 bits per heavy atom. The molecule has 0 saturated carbocycles. The first kappa shape index (κ1) is 14.5. The minimum atomic E-state index is 0.364.